The maximum absolute atomic E-state index is 5.75. The largest absolute Gasteiger partial charge is 0.332 e. The molecule has 0 aliphatic carbocycles. The third kappa shape index (κ3) is 3.68. The van der Waals surface area contributed by atoms with E-state index in [9.17, 15) is 0 Å². The number of pyridine rings is 1. The van der Waals surface area contributed by atoms with Crippen molar-refractivity contribution in [2.45, 2.75) is 6.92 Å². The van der Waals surface area contributed by atoms with Gasteiger partial charge in [-0.1, -0.05) is 29.3 Å². The molecule has 0 radical (unpaired) electrons. The number of hydrogen-bond donors (Lipinski definition) is 2. The second-order valence-corrected chi connectivity index (χ2v) is 4.65. The summed E-state index contributed by atoms with van der Waals surface area (Å²) >= 11 is 10.9. The summed E-state index contributed by atoms with van der Waals surface area (Å²) in [5.41, 5.74) is 2.14. The molecule has 2 aromatic rings. The number of rotatable bonds is 2. The Morgan fingerprint density at radius 3 is 2.44 bits per heavy atom. The highest BCUT2D eigenvalue weighted by Gasteiger charge is 1.99. The highest BCUT2D eigenvalue weighted by atomic mass is 35.5. The Morgan fingerprint density at radius 2 is 1.83 bits per heavy atom. The number of nitrogens with zero attached hydrogens (tertiary/aromatic N) is 1. The van der Waals surface area contributed by atoms with Crippen LogP contribution in [-0.4, -0.2) is 10.1 Å². The van der Waals surface area contributed by atoms with Gasteiger partial charge in [0.05, 0.1) is 5.02 Å². The first-order chi connectivity index (χ1) is 8.63. The summed E-state index contributed by atoms with van der Waals surface area (Å²) in [6.07, 6.45) is 1.57. The Labute approximate surface area is 116 Å². The van der Waals surface area contributed by atoms with Crippen molar-refractivity contribution in [3.63, 3.8) is 0 Å². The molecule has 0 unspecified atom stereocenters. The minimum absolute atomic E-state index is 0.494. The molecule has 0 spiro atoms. The number of thiocarbonyl (C=S) groups is 1. The molecular weight excluding hydrogens is 266 g/mol. The highest BCUT2D eigenvalue weighted by molar-refractivity contribution is 7.80. The number of nitrogens with one attached hydrogen (secondary N) is 2. The zero-order valence-corrected chi connectivity index (χ0v) is 11.3. The normalized spacial score (nSPS) is 9.89. The van der Waals surface area contributed by atoms with Crippen LogP contribution in [0.3, 0.4) is 0 Å². The topological polar surface area (TPSA) is 37.0 Å². The quantitative estimate of drug-likeness (QED) is 0.818. The van der Waals surface area contributed by atoms with Gasteiger partial charge < -0.3 is 10.6 Å². The van der Waals surface area contributed by atoms with Crippen molar-refractivity contribution < 1.29 is 0 Å². The smallest absolute Gasteiger partial charge is 0.176 e. The first kappa shape index (κ1) is 12.8. The minimum Gasteiger partial charge on any atom is -0.332 e. The molecule has 5 heteroatoms. The summed E-state index contributed by atoms with van der Waals surface area (Å²) in [5.74, 6) is 0.656. The van der Waals surface area contributed by atoms with Crippen molar-refractivity contribution in [3.05, 3.63) is 53.2 Å². The van der Waals surface area contributed by atoms with Gasteiger partial charge in [-0.25, -0.2) is 4.98 Å². The van der Waals surface area contributed by atoms with Crippen molar-refractivity contribution >= 4 is 40.4 Å². The lowest BCUT2D eigenvalue weighted by Crippen LogP contribution is -2.19. The number of aromatic nitrogens is 1. The van der Waals surface area contributed by atoms with E-state index in [2.05, 4.69) is 15.6 Å². The van der Waals surface area contributed by atoms with Crippen LogP contribution < -0.4 is 10.6 Å². The van der Waals surface area contributed by atoms with Crippen LogP contribution >= 0.6 is 23.8 Å². The summed E-state index contributed by atoms with van der Waals surface area (Å²) in [4.78, 5) is 4.10. The molecule has 0 aliphatic rings. The molecule has 2 rings (SSSR count). The molecule has 18 heavy (non-hydrogen) atoms. The van der Waals surface area contributed by atoms with E-state index in [-0.39, 0.29) is 0 Å². The van der Waals surface area contributed by atoms with Gasteiger partial charge in [0, 0.05) is 11.9 Å². The Hall–Kier alpha value is -1.65. The van der Waals surface area contributed by atoms with E-state index >= 15 is 0 Å². The van der Waals surface area contributed by atoms with E-state index in [1.165, 1.54) is 5.56 Å². The Morgan fingerprint density at radius 1 is 1.11 bits per heavy atom. The van der Waals surface area contributed by atoms with E-state index in [1.54, 1.807) is 18.3 Å². The summed E-state index contributed by atoms with van der Waals surface area (Å²) in [6.45, 7) is 2.04. The molecule has 0 amide bonds. The zero-order valence-electron chi connectivity index (χ0n) is 9.77. The van der Waals surface area contributed by atoms with Gasteiger partial charge in [-0.05, 0) is 43.4 Å². The zero-order chi connectivity index (χ0) is 13.0. The van der Waals surface area contributed by atoms with E-state index in [0.717, 1.165) is 5.69 Å². The standard InChI is InChI=1S/C13H12ClN3S/c1-9-2-5-11(6-3-9)16-13(18)17-12-7-4-10(14)8-15-12/h2-8H,1H3,(H2,15,16,17,18). The first-order valence-electron chi connectivity index (χ1n) is 5.40. The van der Waals surface area contributed by atoms with E-state index in [0.29, 0.717) is 16.0 Å². The number of hydrogen-bond acceptors (Lipinski definition) is 2. The number of anilines is 2. The maximum Gasteiger partial charge on any atom is 0.176 e. The van der Waals surface area contributed by atoms with Crippen LogP contribution in [0.15, 0.2) is 42.6 Å². The predicted molar refractivity (Wildman–Crippen MR) is 80.3 cm³/mol. The van der Waals surface area contributed by atoms with Crippen LogP contribution in [0.4, 0.5) is 11.5 Å². The van der Waals surface area contributed by atoms with Crippen LogP contribution in [0.25, 0.3) is 0 Å². The molecule has 3 nitrogen and oxygen atoms in total. The molecule has 0 fully saturated rings. The van der Waals surface area contributed by atoms with Gasteiger partial charge in [-0.2, -0.15) is 0 Å². The fourth-order valence-electron chi connectivity index (χ4n) is 1.37. The molecule has 92 valence electrons. The van der Waals surface area contributed by atoms with Crippen LogP contribution in [0.5, 0.6) is 0 Å². The number of halogens is 1. The predicted octanol–water partition coefficient (Wildman–Crippen LogP) is 3.85. The van der Waals surface area contributed by atoms with Crippen LogP contribution in [0.1, 0.15) is 5.56 Å². The van der Waals surface area contributed by atoms with E-state index < -0.39 is 0 Å². The van der Waals surface area contributed by atoms with E-state index in [4.69, 9.17) is 23.8 Å². The Bertz CT molecular complexity index is 488. The Kier molecular flexibility index (Phi) is 4.12. The third-order valence-electron chi connectivity index (χ3n) is 2.28. The monoisotopic (exact) mass is 277 g/mol. The van der Waals surface area contributed by atoms with Gasteiger partial charge >= 0.3 is 0 Å². The molecule has 2 N–H and O–H groups in total. The third-order valence-corrected chi connectivity index (χ3v) is 2.71. The van der Waals surface area contributed by atoms with Gasteiger partial charge in [-0.15, -0.1) is 0 Å². The average Bonchev–Trinajstić information content (AvgIpc) is 2.35. The molecule has 1 aromatic heterocycles. The van der Waals surface area contributed by atoms with Crippen molar-refractivity contribution in [1.29, 1.82) is 0 Å². The summed E-state index contributed by atoms with van der Waals surface area (Å²) in [6, 6.07) is 11.5. The maximum atomic E-state index is 5.75. The lowest BCUT2D eigenvalue weighted by molar-refractivity contribution is 1.32. The molecule has 0 aliphatic heterocycles. The van der Waals surface area contributed by atoms with Crippen molar-refractivity contribution in [2.75, 3.05) is 10.6 Å². The van der Waals surface area contributed by atoms with Gasteiger partial charge in [0.2, 0.25) is 0 Å². The lowest BCUT2D eigenvalue weighted by Gasteiger charge is -2.09. The average molecular weight is 278 g/mol. The summed E-state index contributed by atoms with van der Waals surface area (Å²) < 4.78 is 0. The molecular formula is C13H12ClN3S. The van der Waals surface area contributed by atoms with Gasteiger partial charge in [-0.3, -0.25) is 0 Å². The second kappa shape index (κ2) is 5.80. The lowest BCUT2D eigenvalue weighted by atomic mass is 10.2. The first-order valence-corrected chi connectivity index (χ1v) is 6.18. The van der Waals surface area contributed by atoms with Crippen molar-refractivity contribution in [1.82, 2.24) is 4.98 Å². The van der Waals surface area contributed by atoms with Crippen LogP contribution in [0, 0.1) is 6.92 Å². The molecule has 0 saturated carbocycles. The Balaban J connectivity index is 1.96. The van der Waals surface area contributed by atoms with Gasteiger partial charge in [0.25, 0.3) is 0 Å². The fraction of sp³-hybridized carbons (Fsp3) is 0.0769. The molecule has 0 bridgehead atoms. The molecule has 0 saturated heterocycles. The van der Waals surface area contributed by atoms with Gasteiger partial charge in [0.1, 0.15) is 5.82 Å². The minimum atomic E-state index is 0.494. The van der Waals surface area contributed by atoms with Crippen LogP contribution in [0.2, 0.25) is 5.02 Å². The van der Waals surface area contributed by atoms with Gasteiger partial charge in [0.15, 0.2) is 5.11 Å². The molecule has 1 aromatic carbocycles. The molecule has 1 heterocycles. The molecule has 0 atom stereocenters. The van der Waals surface area contributed by atoms with E-state index in [1.807, 2.05) is 31.2 Å². The SMILES string of the molecule is Cc1ccc(NC(=S)Nc2ccc(Cl)cn2)cc1. The van der Waals surface area contributed by atoms with Crippen molar-refractivity contribution in [3.8, 4) is 0 Å². The summed E-state index contributed by atoms with van der Waals surface area (Å²) in [5, 5.41) is 7.15. The highest BCUT2D eigenvalue weighted by Crippen LogP contribution is 2.11. The second-order valence-electron chi connectivity index (χ2n) is 3.81. The number of benzene rings is 1. The van der Waals surface area contributed by atoms with Crippen LogP contribution in [-0.2, 0) is 0 Å². The van der Waals surface area contributed by atoms with Crippen molar-refractivity contribution in [2.24, 2.45) is 0 Å². The number of aryl methyl sites for hydroxylation is 1. The fourth-order valence-corrected chi connectivity index (χ4v) is 1.70. The summed E-state index contributed by atoms with van der Waals surface area (Å²) in [7, 11) is 0.